The van der Waals surface area contributed by atoms with Crippen LogP contribution in [0.3, 0.4) is 0 Å². The smallest absolute Gasteiger partial charge is 0.344 e. The minimum absolute atomic E-state index is 0.00811. The van der Waals surface area contributed by atoms with Gasteiger partial charge in [0.1, 0.15) is 5.75 Å². The molecule has 0 aliphatic heterocycles. The van der Waals surface area contributed by atoms with E-state index in [1.807, 2.05) is 6.07 Å². The summed E-state index contributed by atoms with van der Waals surface area (Å²) < 4.78 is 15.0. The summed E-state index contributed by atoms with van der Waals surface area (Å²) >= 11 is 0. The van der Waals surface area contributed by atoms with Crippen molar-refractivity contribution < 1.29 is 28.7 Å². The number of nitro groups is 1. The zero-order valence-corrected chi connectivity index (χ0v) is 15.3. The van der Waals surface area contributed by atoms with Crippen LogP contribution in [0.5, 0.6) is 11.5 Å². The lowest BCUT2D eigenvalue weighted by atomic mass is 10.2. The number of methoxy groups -OCH3 is 1. The van der Waals surface area contributed by atoms with Crippen LogP contribution in [0.25, 0.3) is 0 Å². The van der Waals surface area contributed by atoms with E-state index in [0.717, 1.165) is 0 Å². The molecule has 1 unspecified atom stereocenters. The number of esters is 1. The largest absolute Gasteiger partial charge is 0.490 e. The molecule has 1 rings (SSSR count). The van der Waals surface area contributed by atoms with Crippen LogP contribution in [0, 0.1) is 27.4 Å². The van der Waals surface area contributed by atoms with E-state index in [4.69, 9.17) is 19.5 Å². The third-order valence-electron chi connectivity index (χ3n) is 3.51. The van der Waals surface area contributed by atoms with Crippen LogP contribution in [0.1, 0.15) is 13.8 Å². The number of nitrogens with zero attached hydrogens (tertiary/aromatic N) is 3. The van der Waals surface area contributed by atoms with Gasteiger partial charge in [-0.2, -0.15) is 5.26 Å². The molecule has 0 radical (unpaired) electrons. The summed E-state index contributed by atoms with van der Waals surface area (Å²) in [5, 5.41) is 19.6. The van der Waals surface area contributed by atoms with Crippen LogP contribution in [-0.2, 0) is 14.3 Å². The summed E-state index contributed by atoms with van der Waals surface area (Å²) in [6, 6.07) is 5.82. The molecule has 1 aromatic rings. The fourth-order valence-electron chi connectivity index (χ4n) is 2.09. The molecule has 1 atom stereocenters. The van der Waals surface area contributed by atoms with Crippen LogP contribution in [-0.4, -0.2) is 55.1 Å². The first-order chi connectivity index (χ1) is 12.8. The summed E-state index contributed by atoms with van der Waals surface area (Å²) in [6.45, 7) is 3.15. The fourth-order valence-corrected chi connectivity index (χ4v) is 2.09. The molecule has 1 amide bonds. The Balaban J connectivity index is 2.52. The Kier molecular flexibility index (Phi) is 8.51. The first-order valence-electron chi connectivity index (χ1n) is 8.10. The number of carbonyl (C=O) groups is 2. The predicted octanol–water partition coefficient (Wildman–Crippen LogP) is 1.53. The Morgan fingerprint density at radius 2 is 2.07 bits per heavy atom. The number of rotatable bonds is 10. The average molecular weight is 379 g/mol. The van der Waals surface area contributed by atoms with Crippen molar-refractivity contribution in [3.8, 4) is 17.6 Å². The highest BCUT2D eigenvalue weighted by Gasteiger charge is 2.18. The van der Waals surface area contributed by atoms with Gasteiger partial charge < -0.3 is 19.1 Å². The van der Waals surface area contributed by atoms with Gasteiger partial charge in [-0.05, 0) is 19.9 Å². The maximum absolute atomic E-state index is 12.0. The zero-order chi connectivity index (χ0) is 20.4. The maximum Gasteiger partial charge on any atom is 0.344 e. The number of ether oxygens (including phenoxy) is 3. The third-order valence-corrected chi connectivity index (χ3v) is 3.51. The van der Waals surface area contributed by atoms with E-state index in [0.29, 0.717) is 6.54 Å². The molecule has 10 heteroatoms. The average Bonchev–Trinajstić information content (AvgIpc) is 2.67. The molecular weight excluding hydrogens is 358 g/mol. The summed E-state index contributed by atoms with van der Waals surface area (Å²) in [6.07, 6.45) is 0. The lowest BCUT2D eigenvalue weighted by molar-refractivity contribution is -0.385. The molecule has 10 nitrogen and oxygen atoms in total. The van der Waals surface area contributed by atoms with Gasteiger partial charge in [-0.3, -0.25) is 14.9 Å². The standard InChI is InChI=1S/C17H21N3O7/c1-4-19(9-12(2)8-18)16(21)10-27-17(22)11-26-13-5-6-14(20(23)24)15(7-13)25-3/h5-7,12H,4,9-11H2,1-3H3. The number of likely N-dealkylation sites (N-methyl/N-ethyl adjacent to an activating group) is 1. The number of nitro benzene ring substituents is 1. The van der Waals surface area contributed by atoms with E-state index in [1.54, 1.807) is 13.8 Å². The molecule has 1 aromatic carbocycles. The van der Waals surface area contributed by atoms with Crippen LogP contribution < -0.4 is 9.47 Å². The van der Waals surface area contributed by atoms with Crippen molar-refractivity contribution >= 4 is 17.6 Å². The second-order valence-electron chi connectivity index (χ2n) is 5.50. The van der Waals surface area contributed by atoms with Crippen molar-refractivity contribution in [2.24, 2.45) is 5.92 Å². The van der Waals surface area contributed by atoms with Crippen LogP contribution in [0.4, 0.5) is 5.69 Å². The highest BCUT2D eigenvalue weighted by Crippen LogP contribution is 2.30. The second-order valence-corrected chi connectivity index (χ2v) is 5.50. The lowest BCUT2D eigenvalue weighted by Gasteiger charge is -2.21. The Morgan fingerprint density at radius 1 is 1.37 bits per heavy atom. The molecule has 0 fully saturated rings. The summed E-state index contributed by atoms with van der Waals surface area (Å²) in [7, 11) is 1.28. The molecule has 0 bridgehead atoms. The minimum Gasteiger partial charge on any atom is -0.490 e. The van der Waals surface area contributed by atoms with Crippen molar-refractivity contribution in [1.29, 1.82) is 5.26 Å². The molecule has 0 N–H and O–H groups in total. The van der Waals surface area contributed by atoms with Gasteiger partial charge in [0, 0.05) is 25.2 Å². The number of hydrogen-bond donors (Lipinski definition) is 0. The second kappa shape index (κ2) is 10.6. The number of nitriles is 1. The van der Waals surface area contributed by atoms with Crippen molar-refractivity contribution in [3.05, 3.63) is 28.3 Å². The molecule has 146 valence electrons. The third kappa shape index (κ3) is 6.81. The van der Waals surface area contributed by atoms with E-state index in [-0.39, 0.29) is 29.6 Å². The van der Waals surface area contributed by atoms with Gasteiger partial charge in [0.15, 0.2) is 13.2 Å². The van der Waals surface area contributed by atoms with Crippen molar-refractivity contribution in [1.82, 2.24) is 4.90 Å². The molecule has 0 saturated carbocycles. The van der Waals surface area contributed by atoms with Crippen molar-refractivity contribution in [2.75, 3.05) is 33.4 Å². The topological polar surface area (TPSA) is 132 Å². The summed E-state index contributed by atoms with van der Waals surface area (Å²) in [5.41, 5.74) is -0.232. The number of carbonyl (C=O) groups excluding carboxylic acids is 2. The SMILES string of the molecule is CCN(CC(C)C#N)C(=O)COC(=O)COc1ccc([N+](=O)[O-])c(OC)c1. The summed E-state index contributed by atoms with van der Waals surface area (Å²) in [4.78, 5) is 35.4. The number of amides is 1. The number of hydrogen-bond acceptors (Lipinski definition) is 8. The Morgan fingerprint density at radius 3 is 2.63 bits per heavy atom. The fraction of sp³-hybridized carbons (Fsp3) is 0.471. The molecule has 0 saturated heterocycles. The molecule has 0 heterocycles. The Hall–Kier alpha value is -3.35. The highest BCUT2D eigenvalue weighted by atomic mass is 16.6. The monoisotopic (exact) mass is 379 g/mol. The van der Waals surface area contributed by atoms with Gasteiger partial charge in [0.05, 0.1) is 24.0 Å². The van der Waals surface area contributed by atoms with Crippen LogP contribution >= 0.6 is 0 Å². The van der Waals surface area contributed by atoms with E-state index in [9.17, 15) is 19.7 Å². The first kappa shape index (κ1) is 21.7. The quantitative estimate of drug-likeness (QED) is 0.340. The van der Waals surface area contributed by atoms with Gasteiger partial charge in [-0.25, -0.2) is 4.79 Å². The van der Waals surface area contributed by atoms with Crippen molar-refractivity contribution in [2.45, 2.75) is 13.8 Å². The van der Waals surface area contributed by atoms with Gasteiger partial charge in [-0.15, -0.1) is 0 Å². The summed E-state index contributed by atoms with van der Waals surface area (Å²) in [5.74, 6) is -1.34. The highest BCUT2D eigenvalue weighted by molar-refractivity contribution is 5.81. The lowest BCUT2D eigenvalue weighted by Crippen LogP contribution is -2.37. The Bertz CT molecular complexity index is 730. The van der Waals surface area contributed by atoms with E-state index < -0.39 is 30.0 Å². The molecule has 0 aliphatic carbocycles. The van der Waals surface area contributed by atoms with E-state index in [1.165, 1.54) is 30.2 Å². The van der Waals surface area contributed by atoms with E-state index in [2.05, 4.69) is 0 Å². The molecule has 0 aliphatic rings. The number of benzene rings is 1. The maximum atomic E-state index is 12.0. The van der Waals surface area contributed by atoms with Crippen LogP contribution in [0.2, 0.25) is 0 Å². The van der Waals surface area contributed by atoms with Gasteiger partial charge >= 0.3 is 11.7 Å². The van der Waals surface area contributed by atoms with E-state index >= 15 is 0 Å². The Labute approximate surface area is 156 Å². The minimum atomic E-state index is -0.773. The van der Waals surface area contributed by atoms with Gasteiger partial charge in [0.2, 0.25) is 5.75 Å². The predicted molar refractivity (Wildman–Crippen MR) is 93.1 cm³/mol. The molecule has 0 spiro atoms. The molecular formula is C17H21N3O7. The van der Waals surface area contributed by atoms with Gasteiger partial charge in [0.25, 0.3) is 5.91 Å². The van der Waals surface area contributed by atoms with Gasteiger partial charge in [-0.1, -0.05) is 0 Å². The zero-order valence-electron chi connectivity index (χ0n) is 15.3. The molecule has 27 heavy (non-hydrogen) atoms. The normalized spacial score (nSPS) is 11.0. The van der Waals surface area contributed by atoms with Crippen LogP contribution in [0.15, 0.2) is 18.2 Å². The first-order valence-corrected chi connectivity index (χ1v) is 8.10. The van der Waals surface area contributed by atoms with Crippen molar-refractivity contribution in [3.63, 3.8) is 0 Å². The molecule has 0 aromatic heterocycles.